The van der Waals surface area contributed by atoms with Crippen molar-refractivity contribution in [2.24, 2.45) is 0 Å². The highest BCUT2D eigenvalue weighted by Crippen LogP contribution is 2.25. The predicted octanol–water partition coefficient (Wildman–Crippen LogP) is 3.27. The first-order valence-electron chi connectivity index (χ1n) is 8.70. The minimum Gasteiger partial charge on any atom is -0.457 e. The lowest BCUT2D eigenvalue weighted by Crippen LogP contribution is -2.51. The summed E-state index contributed by atoms with van der Waals surface area (Å²) in [6.45, 7) is 11.1. The van der Waals surface area contributed by atoms with Crippen LogP contribution in [0.5, 0.6) is 0 Å². The van der Waals surface area contributed by atoms with E-state index in [2.05, 4.69) is 0 Å². The third-order valence-corrected chi connectivity index (χ3v) is 3.63. The summed E-state index contributed by atoms with van der Waals surface area (Å²) in [5, 5.41) is 8.99. The van der Waals surface area contributed by atoms with Gasteiger partial charge in [0.05, 0.1) is 6.61 Å². The van der Waals surface area contributed by atoms with Gasteiger partial charge in [-0.3, -0.25) is 9.59 Å². The number of ether oxygens (including phenoxy) is 2. The van der Waals surface area contributed by atoms with E-state index in [0.717, 1.165) is 24.5 Å². The van der Waals surface area contributed by atoms with Crippen LogP contribution in [0.25, 0.3) is 0 Å². The Morgan fingerprint density at radius 3 is 1.92 bits per heavy atom. The molecular weight excluding hydrogens is 336 g/mol. The Morgan fingerprint density at radius 1 is 0.923 bits per heavy atom. The Bertz CT molecular complexity index is 580. The van der Waals surface area contributed by atoms with Crippen molar-refractivity contribution in [2.45, 2.75) is 78.9 Å². The maximum Gasteiger partial charge on any atom is 0.359 e. The number of aliphatic hydroxyl groups excluding tert-OH is 1. The van der Waals surface area contributed by atoms with Crippen LogP contribution in [0.4, 0.5) is 0 Å². The zero-order valence-electron chi connectivity index (χ0n) is 17.0. The smallest absolute Gasteiger partial charge is 0.359 e. The van der Waals surface area contributed by atoms with Crippen molar-refractivity contribution in [3.8, 4) is 0 Å². The van der Waals surface area contributed by atoms with Crippen molar-refractivity contribution < 1.29 is 29.0 Å². The van der Waals surface area contributed by atoms with E-state index in [4.69, 9.17) is 14.6 Å². The van der Waals surface area contributed by atoms with Crippen LogP contribution in [-0.2, 0) is 23.9 Å². The summed E-state index contributed by atoms with van der Waals surface area (Å²) in [5.41, 5.74) is -0.974. The number of esters is 2. The molecule has 0 aromatic rings. The zero-order valence-corrected chi connectivity index (χ0v) is 17.0. The summed E-state index contributed by atoms with van der Waals surface area (Å²) < 4.78 is 10.5. The first-order valence-corrected chi connectivity index (χ1v) is 8.70. The quantitative estimate of drug-likeness (QED) is 0.382. The highest BCUT2D eigenvalue weighted by Gasteiger charge is 2.49. The van der Waals surface area contributed by atoms with Crippen LogP contribution >= 0.6 is 0 Å². The fraction of sp³-hybridized carbons (Fsp3) is 0.650. The van der Waals surface area contributed by atoms with Gasteiger partial charge in [-0.2, -0.15) is 0 Å². The van der Waals surface area contributed by atoms with E-state index in [-0.39, 0.29) is 13.0 Å². The minimum absolute atomic E-state index is 0.0152. The maximum absolute atomic E-state index is 12.6. The standard InChI is InChI=1S/C20H32O6/c1-14(9-8-10-15(2)13-21)11-12-20(16(3)22,25-17(4)23)18(24)26-19(5,6)7/h10-11,21H,8-9,12-13H2,1-7H3/b14-11-,15-10?. The third-order valence-electron chi connectivity index (χ3n) is 3.63. The fourth-order valence-electron chi connectivity index (χ4n) is 2.16. The van der Waals surface area contributed by atoms with Gasteiger partial charge in [-0.15, -0.1) is 0 Å². The van der Waals surface area contributed by atoms with Gasteiger partial charge in [-0.25, -0.2) is 4.79 Å². The lowest BCUT2D eigenvalue weighted by Gasteiger charge is -2.31. The molecule has 0 fully saturated rings. The molecular formula is C20H32O6. The van der Waals surface area contributed by atoms with Crippen LogP contribution in [-0.4, -0.2) is 40.6 Å². The Balaban J connectivity index is 5.46. The van der Waals surface area contributed by atoms with Gasteiger partial charge in [0, 0.05) is 13.3 Å². The molecule has 0 aromatic carbocycles. The van der Waals surface area contributed by atoms with E-state index in [1.807, 2.05) is 19.9 Å². The van der Waals surface area contributed by atoms with Gasteiger partial charge in [-0.05, 0) is 54.4 Å². The minimum atomic E-state index is -1.97. The molecule has 0 saturated carbocycles. The summed E-state index contributed by atoms with van der Waals surface area (Å²) in [6, 6.07) is 0. The first-order chi connectivity index (χ1) is 11.8. The number of carbonyl (C=O) groups is 3. The molecule has 0 spiro atoms. The second kappa shape index (κ2) is 10.3. The molecule has 6 heteroatoms. The number of ketones is 1. The van der Waals surface area contributed by atoms with Gasteiger partial charge >= 0.3 is 11.9 Å². The molecule has 0 aliphatic heterocycles. The topological polar surface area (TPSA) is 89.9 Å². The van der Waals surface area contributed by atoms with Crippen molar-refractivity contribution in [1.82, 2.24) is 0 Å². The summed E-state index contributed by atoms with van der Waals surface area (Å²) in [6.07, 6.45) is 4.98. The molecule has 0 amide bonds. The Kier molecular flexibility index (Phi) is 9.49. The zero-order chi connectivity index (χ0) is 20.5. The molecule has 0 rings (SSSR count). The van der Waals surface area contributed by atoms with Crippen LogP contribution in [0, 0.1) is 0 Å². The van der Waals surface area contributed by atoms with Crippen LogP contribution in [0.15, 0.2) is 23.3 Å². The number of hydrogen-bond acceptors (Lipinski definition) is 6. The average Bonchev–Trinajstić information content (AvgIpc) is 2.48. The number of aliphatic hydroxyl groups is 1. The normalized spacial score (nSPS) is 15.2. The molecule has 0 aliphatic rings. The lowest BCUT2D eigenvalue weighted by atomic mass is 9.92. The number of carbonyl (C=O) groups excluding carboxylic acids is 3. The van der Waals surface area contributed by atoms with Gasteiger partial charge in [0.15, 0.2) is 5.78 Å². The molecule has 0 aliphatic carbocycles. The van der Waals surface area contributed by atoms with E-state index >= 15 is 0 Å². The van der Waals surface area contributed by atoms with Crippen LogP contribution in [0.2, 0.25) is 0 Å². The largest absolute Gasteiger partial charge is 0.457 e. The molecule has 0 bridgehead atoms. The van der Waals surface area contributed by atoms with Crippen LogP contribution in [0.3, 0.4) is 0 Å². The fourth-order valence-corrected chi connectivity index (χ4v) is 2.16. The maximum atomic E-state index is 12.6. The molecule has 0 aromatic heterocycles. The molecule has 0 radical (unpaired) electrons. The van der Waals surface area contributed by atoms with Crippen molar-refractivity contribution in [2.75, 3.05) is 6.61 Å². The average molecular weight is 368 g/mol. The SMILES string of the molecule is CC(=O)OC(C/C=C(/C)CCC=C(C)CO)(C(C)=O)C(=O)OC(C)(C)C. The number of allylic oxidation sites excluding steroid dienone is 2. The summed E-state index contributed by atoms with van der Waals surface area (Å²) in [7, 11) is 0. The Labute approximate surface area is 156 Å². The molecule has 1 atom stereocenters. The molecule has 1 unspecified atom stereocenters. The highest BCUT2D eigenvalue weighted by molar-refractivity contribution is 6.07. The summed E-state index contributed by atoms with van der Waals surface area (Å²) >= 11 is 0. The van der Waals surface area contributed by atoms with Crippen molar-refractivity contribution in [1.29, 1.82) is 0 Å². The van der Waals surface area contributed by atoms with Crippen LogP contribution in [0.1, 0.15) is 67.7 Å². The van der Waals surface area contributed by atoms with E-state index in [1.165, 1.54) is 6.92 Å². The Morgan fingerprint density at radius 2 is 1.50 bits per heavy atom. The second-order valence-corrected chi connectivity index (χ2v) is 7.48. The monoisotopic (exact) mass is 368 g/mol. The second-order valence-electron chi connectivity index (χ2n) is 7.48. The molecule has 26 heavy (non-hydrogen) atoms. The molecule has 0 heterocycles. The van der Waals surface area contributed by atoms with Crippen molar-refractivity contribution >= 4 is 17.7 Å². The predicted molar refractivity (Wildman–Crippen MR) is 99.5 cm³/mol. The number of Topliss-reactive ketones (excluding diaryl/α,β-unsaturated/α-hetero) is 1. The molecule has 1 N–H and O–H groups in total. The van der Waals surface area contributed by atoms with Gasteiger partial charge in [-0.1, -0.05) is 23.3 Å². The molecule has 148 valence electrons. The van der Waals surface area contributed by atoms with E-state index < -0.39 is 28.9 Å². The van der Waals surface area contributed by atoms with E-state index in [0.29, 0.717) is 6.42 Å². The van der Waals surface area contributed by atoms with E-state index in [1.54, 1.807) is 26.8 Å². The molecule has 6 nitrogen and oxygen atoms in total. The first kappa shape index (κ1) is 24.1. The Hall–Kier alpha value is -1.95. The van der Waals surface area contributed by atoms with Crippen molar-refractivity contribution in [3.63, 3.8) is 0 Å². The van der Waals surface area contributed by atoms with Gasteiger partial charge in [0.1, 0.15) is 5.60 Å². The number of hydrogen-bond donors (Lipinski definition) is 1. The van der Waals surface area contributed by atoms with Crippen LogP contribution < -0.4 is 0 Å². The highest BCUT2D eigenvalue weighted by atomic mass is 16.6. The summed E-state index contributed by atoms with van der Waals surface area (Å²) in [5.74, 6) is -2.17. The molecule has 0 saturated heterocycles. The number of rotatable bonds is 9. The van der Waals surface area contributed by atoms with E-state index in [9.17, 15) is 14.4 Å². The van der Waals surface area contributed by atoms with Gasteiger partial charge in [0.25, 0.3) is 5.60 Å². The third kappa shape index (κ3) is 8.43. The van der Waals surface area contributed by atoms with Gasteiger partial charge < -0.3 is 14.6 Å². The lowest BCUT2D eigenvalue weighted by molar-refractivity contribution is -0.191. The van der Waals surface area contributed by atoms with Crippen molar-refractivity contribution in [3.05, 3.63) is 23.3 Å². The summed E-state index contributed by atoms with van der Waals surface area (Å²) in [4.78, 5) is 36.4. The van der Waals surface area contributed by atoms with Gasteiger partial charge in [0.2, 0.25) is 0 Å².